The van der Waals surface area contributed by atoms with E-state index in [4.69, 9.17) is 4.74 Å². The molecule has 0 spiro atoms. The highest BCUT2D eigenvalue weighted by molar-refractivity contribution is 5.74. The minimum Gasteiger partial charge on any atom is -0.357 e. The van der Waals surface area contributed by atoms with E-state index in [-0.39, 0.29) is 6.23 Å². The van der Waals surface area contributed by atoms with Crippen molar-refractivity contribution in [3.8, 4) is 11.8 Å². The Morgan fingerprint density at radius 3 is 2.65 bits per heavy atom. The van der Waals surface area contributed by atoms with E-state index >= 15 is 0 Å². The molecule has 0 N–H and O–H groups in total. The Morgan fingerprint density at radius 2 is 2.00 bits per heavy atom. The second-order valence-electron chi connectivity index (χ2n) is 4.25. The van der Waals surface area contributed by atoms with Gasteiger partial charge in [0, 0.05) is 23.9 Å². The molecule has 0 saturated carbocycles. The second kappa shape index (κ2) is 6.69. The van der Waals surface area contributed by atoms with Crippen LogP contribution in [0.25, 0.3) is 0 Å². The van der Waals surface area contributed by atoms with Gasteiger partial charge >= 0.3 is 0 Å². The summed E-state index contributed by atoms with van der Waals surface area (Å²) in [5.74, 6) is 6.07. The number of hydrogen-bond acceptors (Lipinski definition) is 3. The van der Waals surface area contributed by atoms with E-state index in [0.717, 1.165) is 17.4 Å². The Labute approximate surface area is 118 Å². The largest absolute Gasteiger partial charge is 0.357 e. The zero-order chi connectivity index (χ0) is 14.4. The van der Waals surface area contributed by atoms with Crippen LogP contribution < -0.4 is 0 Å². The minimum absolute atomic E-state index is 0.0950. The monoisotopic (exact) mass is 268 g/mol. The van der Waals surface area contributed by atoms with Crippen molar-refractivity contribution >= 4 is 6.29 Å². The molecular formula is C16H16N2O2. The molecule has 102 valence electrons. The molecule has 1 atom stereocenters. The smallest absolute Gasteiger partial charge is 0.150 e. The van der Waals surface area contributed by atoms with Crippen LogP contribution in [0.2, 0.25) is 0 Å². The third kappa shape index (κ3) is 3.56. The lowest BCUT2D eigenvalue weighted by molar-refractivity contribution is 0.0159. The molecule has 1 aromatic carbocycles. The lowest BCUT2D eigenvalue weighted by Crippen LogP contribution is -2.09. The van der Waals surface area contributed by atoms with Crippen molar-refractivity contribution in [1.82, 2.24) is 9.78 Å². The summed E-state index contributed by atoms with van der Waals surface area (Å²) in [6.07, 6.45) is 4.29. The minimum atomic E-state index is -0.0950. The van der Waals surface area contributed by atoms with Crippen LogP contribution in [0.3, 0.4) is 0 Å². The van der Waals surface area contributed by atoms with E-state index in [1.54, 1.807) is 23.0 Å². The van der Waals surface area contributed by atoms with Crippen molar-refractivity contribution in [3.05, 3.63) is 53.3 Å². The van der Waals surface area contributed by atoms with E-state index in [1.165, 1.54) is 0 Å². The van der Waals surface area contributed by atoms with Gasteiger partial charge in [-0.05, 0) is 26.0 Å². The fourth-order valence-corrected chi connectivity index (χ4v) is 1.71. The van der Waals surface area contributed by atoms with Crippen molar-refractivity contribution in [1.29, 1.82) is 0 Å². The molecule has 0 amide bonds. The Balaban J connectivity index is 2.10. The molecule has 2 aromatic rings. The fourth-order valence-electron chi connectivity index (χ4n) is 1.71. The summed E-state index contributed by atoms with van der Waals surface area (Å²) in [5, 5.41) is 4.22. The van der Waals surface area contributed by atoms with E-state index in [1.807, 2.05) is 32.2 Å². The normalized spacial score (nSPS) is 11.5. The molecule has 2 rings (SSSR count). The molecule has 1 unspecified atom stereocenters. The van der Waals surface area contributed by atoms with Crippen LogP contribution in [0.1, 0.15) is 41.6 Å². The highest BCUT2D eigenvalue weighted by Gasteiger charge is 2.04. The summed E-state index contributed by atoms with van der Waals surface area (Å²) in [5.41, 5.74) is 2.34. The van der Waals surface area contributed by atoms with Crippen molar-refractivity contribution in [2.45, 2.75) is 20.1 Å². The first-order chi connectivity index (χ1) is 9.72. The van der Waals surface area contributed by atoms with Gasteiger partial charge < -0.3 is 4.74 Å². The number of ether oxygens (including phenoxy) is 1. The van der Waals surface area contributed by atoms with Crippen molar-refractivity contribution in [2.75, 3.05) is 6.61 Å². The van der Waals surface area contributed by atoms with E-state index in [0.29, 0.717) is 12.2 Å². The fraction of sp³-hybridized carbons (Fsp3) is 0.250. The van der Waals surface area contributed by atoms with Crippen LogP contribution in [-0.2, 0) is 4.74 Å². The van der Waals surface area contributed by atoms with Crippen LogP contribution >= 0.6 is 0 Å². The number of aldehydes is 1. The average Bonchev–Trinajstić information content (AvgIpc) is 2.95. The number of carbonyl (C=O) groups is 1. The van der Waals surface area contributed by atoms with Gasteiger partial charge in [-0.3, -0.25) is 4.79 Å². The molecule has 0 radical (unpaired) electrons. The summed E-state index contributed by atoms with van der Waals surface area (Å²) >= 11 is 0. The second-order valence-corrected chi connectivity index (χ2v) is 4.25. The Morgan fingerprint density at radius 1 is 1.30 bits per heavy atom. The summed E-state index contributed by atoms with van der Waals surface area (Å²) < 4.78 is 7.19. The van der Waals surface area contributed by atoms with Crippen LogP contribution in [0.15, 0.2) is 36.7 Å². The molecule has 0 fully saturated rings. The van der Waals surface area contributed by atoms with Gasteiger partial charge in [0.05, 0.1) is 11.8 Å². The van der Waals surface area contributed by atoms with Crippen LogP contribution in [0.4, 0.5) is 0 Å². The van der Waals surface area contributed by atoms with Crippen LogP contribution in [0, 0.1) is 11.8 Å². The van der Waals surface area contributed by atoms with Crippen LogP contribution in [0.5, 0.6) is 0 Å². The van der Waals surface area contributed by atoms with Crippen LogP contribution in [-0.4, -0.2) is 22.7 Å². The Hall–Kier alpha value is -2.38. The predicted molar refractivity (Wildman–Crippen MR) is 76.4 cm³/mol. The highest BCUT2D eigenvalue weighted by atomic mass is 16.5. The topological polar surface area (TPSA) is 44.1 Å². The van der Waals surface area contributed by atoms with Gasteiger partial charge in [-0.15, -0.1) is 0 Å². The van der Waals surface area contributed by atoms with E-state index in [2.05, 4.69) is 16.9 Å². The molecule has 1 aromatic heterocycles. The zero-order valence-electron chi connectivity index (χ0n) is 11.5. The van der Waals surface area contributed by atoms with Gasteiger partial charge in [0.15, 0.2) is 0 Å². The summed E-state index contributed by atoms with van der Waals surface area (Å²) in [6, 6.07) is 7.14. The van der Waals surface area contributed by atoms with Gasteiger partial charge in [0.2, 0.25) is 0 Å². The number of carbonyl (C=O) groups excluding carboxylic acids is 1. The SMILES string of the molecule is CCOC(C)n1cc(C#Cc2ccc(C=O)cc2)cn1. The first kappa shape index (κ1) is 14.0. The van der Waals surface area contributed by atoms with Crippen molar-refractivity contribution in [3.63, 3.8) is 0 Å². The first-order valence-corrected chi connectivity index (χ1v) is 6.46. The highest BCUT2D eigenvalue weighted by Crippen LogP contribution is 2.07. The average molecular weight is 268 g/mol. The lowest BCUT2D eigenvalue weighted by atomic mass is 10.1. The molecule has 4 nitrogen and oxygen atoms in total. The zero-order valence-corrected chi connectivity index (χ0v) is 11.5. The van der Waals surface area contributed by atoms with E-state index in [9.17, 15) is 4.79 Å². The number of benzene rings is 1. The van der Waals surface area contributed by atoms with Crippen molar-refractivity contribution < 1.29 is 9.53 Å². The molecule has 0 aliphatic carbocycles. The molecule has 0 bridgehead atoms. The molecule has 0 aliphatic heterocycles. The molecule has 20 heavy (non-hydrogen) atoms. The lowest BCUT2D eigenvalue weighted by Gasteiger charge is -2.10. The molecular weight excluding hydrogens is 252 g/mol. The standard InChI is InChI=1S/C16H16N2O2/c1-3-20-13(2)18-11-16(10-17-18)9-6-14-4-7-15(12-19)8-5-14/h4-5,7-8,10-13H,3H2,1-2H3. The third-order valence-corrected chi connectivity index (χ3v) is 2.78. The van der Waals surface area contributed by atoms with Gasteiger partial charge in [-0.25, -0.2) is 4.68 Å². The molecule has 0 saturated heterocycles. The Bertz CT molecular complexity index is 632. The quantitative estimate of drug-likeness (QED) is 0.632. The van der Waals surface area contributed by atoms with E-state index < -0.39 is 0 Å². The first-order valence-electron chi connectivity index (χ1n) is 6.46. The van der Waals surface area contributed by atoms with Crippen molar-refractivity contribution in [2.24, 2.45) is 0 Å². The van der Waals surface area contributed by atoms with Gasteiger partial charge in [-0.2, -0.15) is 5.10 Å². The third-order valence-electron chi connectivity index (χ3n) is 2.78. The molecule has 1 heterocycles. The Kier molecular flexibility index (Phi) is 4.70. The number of aromatic nitrogens is 2. The summed E-state index contributed by atoms with van der Waals surface area (Å²) in [6.45, 7) is 4.53. The number of nitrogens with zero attached hydrogens (tertiary/aromatic N) is 2. The number of rotatable bonds is 4. The van der Waals surface area contributed by atoms with Gasteiger partial charge in [0.1, 0.15) is 12.5 Å². The number of hydrogen-bond donors (Lipinski definition) is 0. The summed E-state index contributed by atoms with van der Waals surface area (Å²) in [4.78, 5) is 10.6. The maximum atomic E-state index is 10.6. The maximum Gasteiger partial charge on any atom is 0.150 e. The molecule has 0 aliphatic rings. The van der Waals surface area contributed by atoms with Gasteiger partial charge in [-0.1, -0.05) is 24.0 Å². The van der Waals surface area contributed by atoms with Gasteiger partial charge in [0.25, 0.3) is 0 Å². The summed E-state index contributed by atoms with van der Waals surface area (Å²) in [7, 11) is 0. The molecule has 4 heteroatoms. The predicted octanol–water partition coefficient (Wildman–Crippen LogP) is 2.65. The maximum absolute atomic E-state index is 10.6.